The quantitative estimate of drug-likeness (QED) is 0.887. The molecule has 0 amide bonds. The predicted molar refractivity (Wildman–Crippen MR) is 71.3 cm³/mol. The van der Waals surface area contributed by atoms with Crippen LogP contribution in [-0.4, -0.2) is 54.6 Å². The molecule has 0 spiro atoms. The highest BCUT2D eigenvalue weighted by Crippen LogP contribution is 2.28. The Hall–Kier alpha value is -0.630. The van der Waals surface area contributed by atoms with Crippen LogP contribution in [0.2, 0.25) is 0 Å². The minimum absolute atomic E-state index is 0.0335. The molecule has 1 aromatic rings. The highest BCUT2D eigenvalue weighted by Gasteiger charge is 2.32. The van der Waals surface area contributed by atoms with Gasteiger partial charge in [0, 0.05) is 24.2 Å². The van der Waals surface area contributed by atoms with E-state index in [1.165, 1.54) is 0 Å². The van der Waals surface area contributed by atoms with Gasteiger partial charge >= 0.3 is 0 Å². The summed E-state index contributed by atoms with van der Waals surface area (Å²) in [5.41, 5.74) is 0. The lowest BCUT2D eigenvalue weighted by Gasteiger charge is -2.28. The van der Waals surface area contributed by atoms with Crippen molar-refractivity contribution >= 4 is 11.8 Å². The lowest BCUT2D eigenvalue weighted by molar-refractivity contribution is 0.0516. The molecule has 6 nitrogen and oxygen atoms in total. The smallest absolute Gasteiger partial charge is 0.233 e. The second kappa shape index (κ2) is 6.21. The van der Waals surface area contributed by atoms with Crippen molar-refractivity contribution < 1.29 is 14.0 Å². The first-order valence-corrected chi connectivity index (χ1v) is 7.82. The predicted octanol–water partition coefficient (Wildman–Crippen LogP) is 0.966. The molecule has 2 saturated heterocycles. The van der Waals surface area contributed by atoms with E-state index in [0.717, 1.165) is 31.1 Å². The van der Waals surface area contributed by atoms with Gasteiger partial charge in [0.05, 0.1) is 19.1 Å². The first-order valence-electron chi connectivity index (χ1n) is 6.66. The molecule has 3 unspecified atom stereocenters. The standard InChI is InChI=1S/C12H19N3O3S/c1-13-9-2-3-16-6-8(9)12-14-11(15-18-12)10-7-19-5-4-17-10/h8-10,13H,2-7H2,1H3. The summed E-state index contributed by atoms with van der Waals surface area (Å²) in [6.45, 7) is 2.17. The highest BCUT2D eigenvalue weighted by atomic mass is 32.2. The van der Waals surface area contributed by atoms with Gasteiger partial charge in [0.25, 0.3) is 0 Å². The Kier molecular flexibility index (Phi) is 4.37. The molecular weight excluding hydrogens is 266 g/mol. The number of thioether (sulfide) groups is 1. The first-order chi connectivity index (χ1) is 9.38. The van der Waals surface area contributed by atoms with Crippen molar-refractivity contribution in [3.05, 3.63) is 11.7 Å². The minimum Gasteiger partial charge on any atom is -0.381 e. The fourth-order valence-electron chi connectivity index (χ4n) is 2.49. The Morgan fingerprint density at radius 2 is 2.32 bits per heavy atom. The third-order valence-electron chi connectivity index (χ3n) is 3.61. The van der Waals surface area contributed by atoms with Gasteiger partial charge < -0.3 is 19.3 Å². The van der Waals surface area contributed by atoms with Crippen LogP contribution < -0.4 is 5.32 Å². The van der Waals surface area contributed by atoms with Gasteiger partial charge in [-0.15, -0.1) is 0 Å². The summed E-state index contributed by atoms with van der Waals surface area (Å²) in [6, 6.07) is 0.337. The van der Waals surface area contributed by atoms with E-state index in [-0.39, 0.29) is 12.0 Å². The van der Waals surface area contributed by atoms with Gasteiger partial charge in [-0.2, -0.15) is 16.7 Å². The fraction of sp³-hybridized carbons (Fsp3) is 0.833. The van der Waals surface area contributed by atoms with Crippen LogP contribution in [0.4, 0.5) is 0 Å². The third-order valence-corrected chi connectivity index (χ3v) is 4.60. The number of nitrogens with zero attached hydrogens (tertiary/aromatic N) is 2. The van der Waals surface area contributed by atoms with Crippen LogP contribution in [0, 0.1) is 0 Å². The molecule has 1 N–H and O–H groups in total. The normalized spacial score (nSPS) is 32.4. The zero-order valence-electron chi connectivity index (χ0n) is 11.0. The van der Waals surface area contributed by atoms with Crippen LogP contribution in [0.25, 0.3) is 0 Å². The number of rotatable bonds is 3. The summed E-state index contributed by atoms with van der Waals surface area (Å²) in [6.07, 6.45) is 0.933. The fourth-order valence-corrected chi connectivity index (χ4v) is 3.33. The molecule has 2 aliphatic heterocycles. The molecule has 2 aliphatic rings. The van der Waals surface area contributed by atoms with Crippen LogP contribution >= 0.6 is 11.8 Å². The maximum atomic E-state index is 5.67. The average Bonchev–Trinajstić information content (AvgIpc) is 2.98. The molecule has 0 radical (unpaired) electrons. The van der Waals surface area contributed by atoms with Crippen LogP contribution in [0.15, 0.2) is 4.52 Å². The van der Waals surface area contributed by atoms with Crippen molar-refractivity contribution in [1.82, 2.24) is 15.5 Å². The molecule has 0 saturated carbocycles. The minimum atomic E-state index is -0.0335. The molecule has 19 heavy (non-hydrogen) atoms. The average molecular weight is 285 g/mol. The van der Waals surface area contributed by atoms with Crippen molar-refractivity contribution in [3.8, 4) is 0 Å². The molecule has 3 rings (SSSR count). The van der Waals surface area contributed by atoms with Gasteiger partial charge in [-0.05, 0) is 13.5 Å². The second-order valence-corrected chi connectivity index (χ2v) is 5.94. The number of hydrogen-bond acceptors (Lipinski definition) is 7. The van der Waals surface area contributed by atoms with Crippen molar-refractivity contribution in [2.24, 2.45) is 0 Å². The number of aromatic nitrogens is 2. The second-order valence-electron chi connectivity index (χ2n) is 4.79. The van der Waals surface area contributed by atoms with E-state index in [1.54, 1.807) is 0 Å². The van der Waals surface area contributed by atoms with Crippen LogP contribution in [0.5, 0.6) is 0 Å². The number of ether oxygens (including phenoxy) is 2. The Labute approximate surface area is 116 Å². The van der Waals surface area contributed by atoms with Gasteiger partial charge in [-0.25, -0.2) is 0 Å². The van der Waals surface area contributed by atoms with E-state index in [9.17, 15) is 0 Å². The van der Waals surface area contributed by atoms with E-state index in [0.29, 0.717) is 24.4 Å². The Morgan fingerprint density at radius 1 is 1.37 bits per heavy atom. The molecule has 0 aliphatic carbocycles. The topological polar surface area (TPSA) is 69.4 Å². The summed E-state index contributed by atoms with van der Waals surface area (Å²) < 4.78 is 16.6. The van der Waals surface area contributed by atoms with Gasteiger partial charge in [-0.1, -0.05) is 5.16 Å². The van der Waals surface area contributed by atoms with Gasteiger partial charge in [0.1, 0.15) is 6.10 Å². The third kappa shape index (κ3) is 2.94. The molecule has 0 aromatic carbocycles. The summed E-state index contributed by atoms with van der Waals surface area (Å²) in [7, 11) is 1.96. The zero-order valence-corrected chi connectivity index (χ0v) is 11.8. The zero-order chi connectivity index (χ0) is 13.1. The van der Waals surface area contributed by atoms with E-state index >= 15 is 0 Å². The highest BCUT2D eigenvalue weighted by molar-refractivity contribution is 7.99. The Balaban J connectivity index is 1.72. The number of hydrogen-bond donors (Lipinski definition) is 1. The molecule has 0 bridgehead atoms. The molecule has 1 aromatic heterocycles. The van der Waals surface area contributed by atoms with E-state index in [2.05, 4.69) is 15.5 Å². The van der Waals surface area contributed by atoms with E-state index < -0.39 is 0 Å². The molecule has 2 fully saturated rings. The molecule has 7 heteroatoms. The van der Waals surface area contributed by atoms with Crippen molar-refractivity contribution in [2.45, 2.75) is 24.5 Å². The van der Waals surface area contributed by atoms with Gasteiger partial charge in [0.15, 0.2) is 0 Å². The number of likely N-dealkylation sites (N-methyl/N-ethyl adjacent to an activating group) is 1. The Morgan fingerprint density at radius 3 is 3.11 bits per heavy atom. The number of nitrogens with one attached hydrogen (secondary N) is 1. The maximum Gasteiger partial charge on any atom is 0.233 e. The van der Waals surface area contributed by atoms with Crippen LogP contribution in [0.1, 0.15) is 30.2 Å². The SMILES string of the molecule is CNC1CCOCC1c1nc(C2CSCCO2)no1. The van der Waals surface area contributed by atoms with Crippen LogP contribution in [0.3, 0.4) is 0 Å². The molecule has 3 atom stereocenters. The van der Waals surface area contributed by atoms with E-state index in [1.807, 2.05) is 18.8 Å². The largest absolute Gasteiger partial charge is 0.381 e. The van der Waals surface area contributed by atoms with Gasteiger partial charge in [0.2, 0.25) is 11.7 Å². The molecular formula is C12H19N3O3S. The summed E-state index contributed by atoms with van der Waals surface area (Å²) >= 11 is 1.86. The van der Waals surface area contributed by atoms with Crippen molar-refractivity contribution in [3.63, 3.8) is 0 Å². The van der Waals surface area contributed by atoms with Crippen molar-refractivity contribution in [2.75, 3.05) is 38.4 Å². The first kappa shape index (κ1) is 13.4. The lowest BCUT2D eigenvalue weighted by atomic mass is 9.96. The van der Waals surface area contributed by atoms with Gasteiger partial charge in [-0.3, -0.25) is 0 Å². The van der Waals surface area contributed by atoms with E-state index in [4.69, 9.17) is 14.0 Å². The molecule has 3 heterocycles. The monoisotopic (exact) mass is 285 g/mol. The summed E-state index contributed by atoms with van der Waals surface area (Å²) in [4.78, 5) is 4.52. The lowest BCUT2D eigenvalue weighted by Crippen LogP contribution is -2.39. The Bertz CT molecular complexity index is 409. The summed E-state index contributed by atoms with van der Waals surface area (Å²) in [5.74, 6) is 3.40. The summed E-state index contributed by atoms with van der Waals surface area (Å²) in [5, 5.41) is 7.37. The maximum absolute atomic E-state index is 5.67. The molecule has 106 valence electrons. The van der Waals surface area contributed by atoms with Crippen LogP contribution in [-0.2, 0) is 9.47 Å². The van der Waals surface area contributed by atoms with Crippen molar-refractivity contribution in [1.29, 1.82) is 0 Å².